The molecule has 3 rings (SSSR count). The van der Waals surface area contributed by atoms with Gasteiger partial charge in [0.25, 0.3) is 0 Å². The molecule has 0 unspecified atom stereocenters. The highest BCUT2D eigenvalue weighted by atomic mass is 32.2. The van der Waals surface area contributed by atoms with Gasteiger partial charge in [0.15, 0.2) is 5.17 Å². The number of anilines is 1. The van der Waals surface area contributed by atoms with Crippen molar-refractivity contribution < 1.29 is 14.3 Å². The first kappa shape index (κ1) is 20.1. The van der Waals surface area contributed by atoms with Crippen LogP contribution in [-0.2, 0) is 9.59 Å². The maximum absolute atomic E-state index is 12.3. The number of thiophene rings is 1. The van der Waals surface area contributed by atoms with E-state index in [1.54, 1.807) is 35.6 Å². The molecular weight excluding hydrogens is 396 g/mol. The minimum atomic E-state index is -0.529. The first-order valence-electron chi connectivity index (χ1n) is 8.71. The fourth-order valence-corrected chi connectivity index (χ4v) is 4.01. The van der Waals surface area contributed by atoms with Crippen LogP contribution >= 0.6 is 23.1 Å². The van der Waals surface area contributed by atoms with Crippen molar-refractivity contribution >= 4 is 51.5 Å². The van der Waals surface area contributed by atoms with Crippen LogP contribution in [0.5, 0.6) is 5.75 Å². The normalized spacial score (nSPS) is 18.2. The minimum Gasteiger partial charge on any atom is -0.494 e. The number of carbonyl (C=O) groups excluding carboxylic acids is 2. The second-order valence-corrected chi connectivity index (χ2v) is 8.01. The average Bonchev–Trinajstić information content (AvgIpc) is 3.32. The Morgan fingerprint density at radius 1 is 1.29 bits per heavy atom. The molecule has 1 atom stereocenters. The van der Waals surface area contributed by atoms with Gasteiger partial charge in [-0.25, -0.2) is 0 Å². The molecule has 1 saturated heterocycles. The Balaban J connectivity index is 1.54. The van der Waals surface area contributed by atoms with Gasteiger partial charge in [0, 0.05) is 12.1 Å². The summed E-state index contributed by atoms with van der Waals surface area (Å²) in [5.41, 5.74) is 1.43. The van der Waals surface area contributed by atoms with Crippen molar-refractivity contribution in [3.05, 3.63) is 46.7 Å². The molecule has 2 amide bonds. The maximum Gasteiger partial charge on any atom is 0.240 e. The van der Waals surface area contributed by atoms with Crippen LogP contribution in [0.15, 0.2) is 52.0 Å². The van der Waals surface area contributed by atoms with E-state index in [1.807, 2.05) is 31.4 Å². The Bertz CT molecular complexity index is 892. The highest BCUT2D eigenvalue weighted by molar-refractivity contribution is 8.15. The number of benzene rings is 1. The van der Waals surface area contributed by atoms with Crippen molar-refractivity contribution in [2.75, 3.05) is 11.9 Å². The molecule has 1 aromatic carbocycles. The number of ether oxygens (including phenoxy) is 1. The Morgan fingerprint density at radius 3 is 2.75 bits per heavy atom. The van der Waals surface area contributed by atoms with E-state index in [0.29, 0.717) is 17.5 Å². The molecule has 0 radical (unpaired) electrons. The van der Waals surface area contributed by atoms with E-state index in [9.17, 15) is 9.59 Å². The molecule has 1 aliphatic heterocycles. The van der Waals surface area contributed by atoms with Crippen LogP contribution < -0.4 is 15.4 Å². The molecule has 2 aromatic rings. The standard InChI is InChI=1S/C19H20N4O3S2/c1-3-26-14-8-6-13(7-9-14)20-17(24)11-16-18(25)21-19(28-16)23-22-12(2)15-5-4-10-27-15/h4-10,16H,3,11H2,1-2H3,(H,20,24)(H,21,23,25)/b22-12-/t16-/m1/s1. The SMILES string of the molecule is CCOc1ccc(NC(=O)C[C@H]2S/C(=N\N=C(\C)c3cccs3)NC2=O)cc1. The third-order valence-electron chi connectivity index (χ3n) is 3.76. The summed E-state index contributed by atoms with van der Waals surface area (Å²) >= 11 is 2.78. The number of thioether (sulfide) groups is 1. The highest BCUT2D eigenvalue weighted by Gasteiger charge is 2.32. The molecule has 2 N–H and O–H groups in total. The first-order chi connectivity index (χ1) is 13.5. The molecular formula is C19H20N4O3S2. The number of amidine groups is 1. The van der Waals surface area contributed by atoms with Crippen molar-refractivity contribution in [1.82, 2.24) is 5.32 Å². The van der Waals surface area contributed by atoms with Gasteiger partial charge in [0.1, 0.15) is 11.0 Å². The molecule has 1 aromatic heterocycles. The zero-order valence-electron chi connectivity index (χ0n) is 15.5. The van der Waals surface area contributed by atoms with Crippen LogP contribution in [-0.4, -0.2) is 34.6 Å². The van der Waals surface area contributed by atoms with E-state index in [0.717, 1.165) is 16.3 Å². The van der Waals surface area contributed by atoms with E-state index in [1.165, 1.54) is 11.8 Å². The van der Waals surface area contributed by atoms with Gasteiger partial charge in [-0.15, -0.1) is 16.4 Å². The monoisotopic (exact) mass is 416 g/mol. The highest BCUT2D eigenvalue weighted by Crippen LogP contribution is 2.24. The first-order valence-corrected chi connectivity index (χ1v) is 10.5. The second kappa shape index (κ2) is 9.52. The maximum atomic E-state index is 12.3. The van der Waals surface area contributed by atoms with E-state index < -0.39 is 5.25 Å². The van der Waals surface area contributed by atoms with Gasteiger partial charge in [-0.05, 0) is 49.6 Å². The third kappa shape index (κ3) is 5.43. The third-order valence-corrected chi connectivity index (χ3v) is 5.82. The van der Waals surface area contributed by atoms with Gasteiger partial charge in [-0.3, -0.25) is 9.59 Å². The van der Waals surface area contributed by atoms with E-state index in [-0.39, 0.29) is 18.2 Å². The summed E-state index contributed by atoms with van der Waals surface area (Å²) in [6, 6.07) is 11.0. The number of hydrogen-bond donors (Lipinski definition) is 2. The van der Waals surface area contributed by atoms with Crippen molar-refractivity contribution in [2.45, 2.75) is 25.5 Å². The van der Waals surface area contributed by atoms with Gasteiger partial charge in [0.05, 0.1) is 17.2 Å². The lowest BCUT2D eigenvalue weighted by Crippen LogP contribution is -2.28. The lowest BCUT2D eigenvalue weighted by atomic mass is 10.2. The molecule has 7 nitrogen and oxygen atoms in total. The van der Waals surface area contributed by atoms with Crippen LogP contribution in [0.2, 0.25) is 0 Å². The number of hydrogen-bond acceptors (Lipinski definition) is 7. The average molecular weight is 417 g/mol. The van der Waals surface area contributed by atoms with Crippen molar-refractivity contribution in [3.63, 3.8) is 0 Å². The van der Waals surface area contributed by atoms with E-state index in [4.69, 9.17) is 4.74 Å². The summed E-state index contributed by atoms with van der Waals surface area (Å²) in [5.74, 6) is 0.261. The lowest BCUT2D eigenvalue weighted by molar-refractivity contribution is -0.122. The zero-order chi connectivity index (χ0) is 19.9. The molecule has 2 heterocycles. The molecule has 9 heteroatoms. The molecule has 146 valence electrons. The Morgan fingerprint density at radius 2 is 2.07 bits per heavy atom. The fourth-order valence-electron chi connectivity index (χ4n) is 2.42. The van der Waals surface area contributed by atoms with Gasteiger partial charge < -0.3 is 15.4 Å². The molecule has 0 aliphatic carbocycles. The second-order valence-electron chi connectivity index (χ2n) is 5.87. The molecule has 28 heavy (non-hydrogen) atoms. The predicted octanol–water partition coefficient (Wildman–Crippen LogP) is 3.49. The van der Waals surface area contributed by atoms with E-state index >= 15 is 0 Å². The van der Waals surface area contributed by atoms with Crippen molar-refractivity contribution in [2.24, 2.45) is 10.2 Å². The summed E-state index contributed by atoms with van der Waals surface area (Å²) in [4.78, 5) is 25.4. The number of nitrogens with zero attached hydrogens (tertiary/aromatic N) is 2. The molecule has 0 saturated carbocycles. The van der Waals surface area contributed by atoms with Crippen LogP contribution in [0.3, 0.4) is 0 Å². The summed E-state index contributed by atoms with van der Waals surface area (Å²) in [6.45, 7) is 4.35. The van der Waals surface area contributed by atoms with Gasteiger partial charge in [-0.2, -0.15) is 5.10 Å². The predicted molar refractivity (Wildman–Crippen MR) is 114 cm³/mol. The van der Waals surface area contributed by atoms with Gasteiger partial charge >= 0.3 is 0 Å². The number of carbonyl (C=O) groups is 2. The fraction of sp³-hybridized carbons (Fsp3) is 0.263. The number of nitrogens with one attached hydrogen (secondary N) is 2. The topological polar surface area (TPSA) is 92.2 Å². The Labute approximate surface area is 171 Å². The Kier molecular flexibility index (Phi) is 6.83. The summed E-state index contributed by atoms with van der Waals surface area (Å²) < 4.78 is 5.37. The molecule has 1 fully saturated rings. The summed E-state index contributed by atoms with van der Waals surface area (Å²) in [6.07, 6.45) is 0.0519. The van der Waals surface area contributed by atoms with Crippen molar-refractivity contribution in [3.8, 4) is 5.75 Å². The van der Waals surface area contributed by atoms with Crippen LogP contribution in [0, 0.1) is 0 Å². The quantitative estimate of drug-likeness (QED) is 0.534. The van der Waals surface area contributed by atoms with Gasteiger partial charge in [0.2, 0.25) is 11.8 Å². The molecule has 0 spiro atoms. The summed E-state index contributed by atoms with van der Waals surface area (Å²) in [5, 5.41) is 15.5. The van der Waals surface area contributed by atoms with E-state index in [2.05, 4.69) is 20.8 Å². The Hall–Kier alpha value is -2.65. The smallest absolute Gasteiger partial charge is 0.240 e. The zero-order valence-corrected chi connectivity index (χ0v) is 17.1. The van der Waals surface area contributed by atoms with Crippen LogP contribution in [0.25, 0.3) is 0 Å². The van der Waals surface area contributed by atoms with Gasteiger partial charge in [-0.1, -0.05) is 17.8 Å². The molecule has 1 aliphatic rings. The van der Waals surface area contributed by atoms with Crippen LogP contribution in [0.1, 0.15) is 25.1 Å². The summed E-state index contributed by atoms with van der Waals surface area (Å²) in [7, 11) is 0. The largest absolute Gasteiger partial charge is 0.494 e. The molecule has 0 bridgehead atoms. The van der Waals surface area contributed by atoms with Crippen LogP contribution in [0.4, 0.5) is 5.69 Å². The lowest BCUT2D eigenvalue weighted by Gasteiger charge is -2.08. The van der Waals surface area contributed by atoms with Crippen molar-refractivity contribution in [1.29, 1.82) is 0 Å². The minimum absolute atomic E-state index is 0.0519. The number of amides is 2. The number of rotatable bonds is 7.